The Balaban J connectivity index is 2.48. The normalized spacial score (nSPS) is 11.0. The van der Waals surface area contributed by atoms with Gasteiger partial charge in [0.05, 0.1) is 16.6 Å². The van der Waals surface area contributed by atoms with Gasteiger partial charge >= 0.3 is 5.97 Å². The molecule has 2 aromatic carbocycles. The third-order valence-corrected chi connectivity index (χ3v) is 3.24. The van der Waals surface area contributed by atoms with Crippen LogP contribution in [0.1, 0.15) is 16.2 Å². The molecule has 1 aromatic heterocycles. The van der Waals surface area contributed by atoms with Crippen LogP contribution in [0.4, 0.5) is 8.78 Å². The van der Waals surface area contributed by atoms with Crippen LogP contribution in [-0.2, 0) is 0 Å². The van der Waals surface area contributed by atoms with E-state index in [-0.39, 0.29) is 16.8 Å². The summed E-state index contributed by atoms with van der Waals surface area (Å²) in [6.45, 7) is 1.57. The van der Waals surface area contributed by atoms with Gasteiger partial charge in [-0.1, -0.05) is 12.1 Å². The maximum atomic E-state index is 14.0. The smallest absolute Gasteiger partial charge is 0.337 e. The number of imidazole rings is 1. The number of aromatic nitrogens is 2. The Morgan fingerprint density at radius 2 is 1.76 bits per heavy atom. The zero-order valence-electron chi connectivity index (χ0n) is 11.0. The zero-order valence-corrected chi connectivity index (χ0v) is 11.0. The summed E-state index contributed by atoms with van der Waals surface area (Å²) in [5.41, 5.74) is 0.156. The van der Waals surface area contributed by atoms with Crippen molar-refractivity contribution in [2.24, 2.45) is 0 Å². The molecule has 106 valence electrons. The summed E-state index contributed by atoms with van der Waals surface area (Å²) in [6, 6.07) is 8.01. The molecule has 0 unspecified atom stereocenters. The number of carbonyl (C=O) groups is 1. The van der Waals surface area contributed by atoms with Crippen LogP contribution in [0.5, 0.6) is 0 Å². The molecule has 1 heterocycles. The second-order valence-corrected chi connectivity index (χ2v) is 4.54. The standard InChI is InChI=1S/C15H10F2N2O2/c1-8-18-12-7-2-4-9(15(20)21)13(12)19(8)14-10(16)5-3-6-11(14)17/h2-7H,1H3,(H,20,21). The van der Waals surface area contributed by atoms with E-state index in [1.54, 1.807) is 19.1 Å². The number of benzene rings is 2. The van der Waals surface area contributed by atoms with Crippen molar-refractivity contribution >= 4 is 17.0 Å². The Hall–Kier alpha value is -2.76. The molecule has 0 aliphatic rings. The fourth-order valence-electron chi connectivity index (χ4n) is 2.39. The van der Waals surface area contributed by atoms with Gasteiger partial charge in [-0.05, 0) is 31.2 Å². The first-order chi connectivity index (χ1) is 10.0. The number of rotatable bonds is 2. The third-order valence-electron chi connectivity index (χ3n) is 3.24. The Labute approximate surface area is 118 Å². The fraction of sp³-hybridized carbons (Fsp3) is 0.0667. The number of fused-ring (bicyclic) bond motifs is 1. The Kier molecular flexibility index (Phi) is 2.94. The van der Waals surface area contributed by atoms with Crippen LogP contribution in [0.3, 0.4) is 0 Å². The monoisotopic (exact) mass is 288 g/mol. The Morgan fingerprint density at radius 3 is 2.38 bits per heavy atom. The van der Waals surface area contributed by atoms with E-state index < -0.39 is 17.6 Å². The molecule has 0 fully saturated rings. The van der Waals surface area contributed by atoms with Crippen molar-refractivity contribution < 1.29 is 18.7 Å². The van der Waals surface area contributed by atoms with Crippen molar-refractivity contribution in [2.45, 2.75) is 6.92 Å². The van der Waals surface area contributed by atoms with Gasteiger partial charge < -0.3 is 5.11 Å². The number of hydrogen-bond donors (Lipinski definition) is 1. The van der Waals surface area contributed by atoms with Crippen LogP contribution < -0.4 is 0 Å². The first-order valence-corrected chi connectivity index (χ1v) is 6.16. The highest BCUT2D eigenvalue weighted by molar-refractivity contribution is 6.01. The number of nitrogens with zero attached hydrogens (tertiary/aromatic N) is 2. The number of para-hydroxylation sites is 2. The van der Waals surface area contributed by atoms with Crippen molar-refractivity contribution in [1.29, 1.82) is 0 Å². The lowest BCUT2D eigenvalue weighted by Gasteiger charge is -2.10. The molecule has 4 nitrogen and oxygen atoms in total. The molecule has 0 saturated carbocycles. The quantitative estimate of drug-likeness (QED) is 0.787. The first-order valence-electron chi connectivity index (χ1n) is 6.16. The average Bonchev–Trinajstić information content (AvgIpc) is 2.75. The lowest BCUT2D eigenvalue weighted by molar-refractivity contribution is 0.0698. The maximum absolute atomic E-state index is 14.0. The van der Waals surface area contributed by atoms with E-state index in [1.807, 2.05) is 0 Å². The van der Waals surface area contributed by atoms with Gasteiger partial charge in [0.1, 0.15) is 23.1 Å². The Bertz CT molecular complexity index is 851. The van der Waals surface area contributed by atoms with E-state index in [4.69, 9.17) is 0 Å². The molecule has 0 aliphatic heterocycles. The zero-order chi connectivity index (χ0) is 15.1. The van der Waals surface area contributed by atoms with Crippen LogP contribution in [0.15, 0.2) is 36.4 Å². The van der Waals surface area contributed by atoms with E-state index in [9.17, 15) is 18.7 Å². The van der Waals surface area contributed by atoms with Gasteiger partial charge in [-0.15, -0.1) is 0 Å². The number of hydrogen-bond acceptors (Lipinski definition) is 2. The summed E-state index contributed by atoms with van der Waals surface area (Å²) in [5, 5.41) is 9.27. The van der Waals surface area contributed by atoms with Crippen LogP contribution in [0, 0.1) is 18.6 Å². The number of aromatic carboxylic acids is 1. The molecule has 0 aliphatic carbocycles. The van der Waals surface area contributed by atoms with Gasteiger partial charge in [0.25, 0.3) is 0 Å². The third kappa shape index (κ3) is 1.96. The molecule has 0 radical (unpaired) electrons. The van der Waals surface area contributed by atoms with Gasteiger partial charge in [-0.3, -0.25) is 4.57 Å². The van der Waals surface area contributed by atoms with E-state index in [0.29, 0.717) is 11.3 Å². The average molecular weight is 288 g/mol. The summed E-state index contributed by atoms with van der Waals surface area (Å²) >= 11 is 0. The highest BCUT2D eigenvalue weighted by atomic mass is 19.1. The van der Waals surface area contributed by atoms with E-state index in [2.05, 4.69) is 4.98 Å². The largest absolute Gasteiger partial charge is 0.478 e. The van der Waals surface area contributed by atoms with Crippen LogP contribution in [0.25, 0.3) is 16.7 Å². The van der Waals surface area contributed by atoms with Crippen molar-refractivity contribution in [3.8, 4) is 5.69 Å². The predicted octanol–water partition coefficient (Wildman–Crippen LogP) is 3.31. The molecular formula is C15H10F2N2O2. The lowest BCUT2D eigenvalue weighted by atomic mass is 10.1. The predicted molar refractivity (Wildman–Crippen MR) is 72.7 cm³/mol. The summed E-state index contributed by atoms with van der Waals surface area (Å²) in [4.78, 5) is 15.5. The second kappa shape index (κ2) is 4.66. The van der Waals surface area contributed by atoms with Crippen LogP contribution in [-0.4, -0.2) is 20.6 Å². The SMILES string of the molecule is Cc1nc2cccc(C(=O)O)c2n1-c1c(F)cccc1F. The topological polar surface area (TPSA) is 55.1 Å². The minimum Gasteiger partial charge on any atom is -0.478 e. The van der Waals surface area contributed by atoms with Gasteiger partial charge in [0, 0.05) is 0 Å². The number of carboxylic acids is 1. The van der Waals surface area contributed by atoms with Gasteiger partial charge in [0.2, 0.25) is 0 Å². The molecule has 0 amide bonds. The summed E-state index contributed by atoms with van der Waals surface area (Å²) in [5.74, 6) is -2.43. The van der Waals surface area contributed by atoms with Gasteiger partial charge in [0.15, 0.2) is 0 Å². The molecule has 3 rings (SSSR count). The number of carboxylic acid groups (broad SMARTS) is 1. The summed E-state index contributed by atoms with van der Waals surface area (Å²) in [7, 11) is 0. The van der Waals surface area contributed by atoms with E-state index >= 15 is 0 Å². The second-order valence-electron chi connectivity index (χ2n) is 4.54. The molecule has 1 N–H and O–H groups in total. The van der Waals surface area contributed by atoms with Crippen molar-refractivity contribution in [3.05, 3.63) is 59.4 Å². The van der Waals surface area contributed by atoms with Crippen molar-refractivity contribution in [3.63, 3.8) is 0 Å². The number of aryl methyl sites for hydroxylation is 1. The Morgan fingerprint density at radius 1 is 1.14 bits per heavy atom. The molecule has 6 heteroatoms. The van der Waals surface area contributed by atoms with E-state index in [1.165, 1.54) is 16.7 Å². The van der Waals surface area contributed by atoms with Crippen molar-refractivity contribution in [2.75, 3.05) is 0 Å². The molecule has 3 aromatic rings. The highest BCUT2D eigenvalue weighted by Gasteiger charge is 2.21. The molecule has 0 atom stereocenters. The maximum Gasteiger partial charge on any atom is 0.337 e. The van der Waals surface area contributed by atoms with Crippen molar-refractivity contribution in [1.82, 2.24) is 9.55 Å². The lowest BCUT2D eigenvalue weighted by Crippen LogP contribution is -2.07. The molecule has 0 spiro atoms. The molecular weight excluding hydrogens is 278 g/mol. The summed E-state index contributed by atoms with van der Waals surface area (Å²) in [6.07, 6.45) is 0. The van der Waals surface area contributed by atoms with Crippen LogP contribution in [0.2, 0.25) is 0 Å². The van der Waals surface area contributed by atoms with Gasteiger partial charge in [-0.2, -0.15) is 0 Å². The molecule has 0 saturated heterocycles. The first kappa shape index (κ1) is 13.2. The minimum absolute atomic E-state index is 0.0595. The van der Waals surface area contributed by atoms with Gasteiger partial charge in [-0.25, -0.2) is 18.6 Å². The minimum atomic E-state index is -1.18. The molecule has 21 heavy (non-hydrogen) atoms. The number of halogens is 2. The summed E-state index contributed by atoms with van der Waals surface area (Å²) < 4.78 is 29.2. The van der Waals surface area contributed by atoms with E-state index in [0.717, 1.165) is 12.1 Å². The fourth-order valence-corrected chi connectivity index (χ4v) is 2.39. The van der Waals surface area contributed by atoms with Crippen LogP contribution >= 0.6 is 0 Å². The molecule has 0 bridgehead atoms. The highest BCUT2D eigenvalue weighted by Crippen LogP contribution is 2.27.